The first-order valence-electron chi connectivity index (χ1n) is 10.6. The summed E-state index contributed by atoms with van der Waals surface area (Å²) in [6.45, 7) is 6.48. The SMILES string of the molecule is CCOCCOc1ccc(CNC[C@]2(O)CCCN(c3cc(NC)ncn3)C2)cc1. The third-order valence-corrected chi connectivity index (χ3v) is 5.20. The highest BCUT2D eigenvalue weighted by atomic mass is 16.5. The summed E-state index contributed by atoms with van der Waals surface area (Å²) in [5.74, 6) is 2.45. The number of benzene rings is 1. The number of aromatic nitrogens is 2. The molecule has 0 unspecified atom stereocenters. The van der Waals surface area contributed by atoms with Crippen LogP contribution in [0.15, 0.2) is 36.7 Å². The lowest BCUT2D eigenvalue weighted by atomic mass is 9.92. The van der Waals surface area contributed by atoms with Gasteiger partial charge in [0.15, 0.2) is 0 Å². The van der Waals surface area contributed by atoms with Gasteiger partial charge in [0.25, 0.3) is 0 Å². The summed E-state index contributed by atoms with van der Waals surface area (Å²) in [6.07, 6.45) is 3.25. The van der Waals surface area contributed by atoms with E-state index < -0.39 is 5.60 Å². The molecule has 2 aromatic rings. The van der Waals surface area contributed by atoms with Crippen molar-refractivity contribution in [3.8, 4) is 5.75 Å². The highest BCUT2D eigenvalue weighted by molar-refractivity contribution is 5.48. The number of nitrogens with one attached hydrogen (secondary N) is 2. The van der Waals surface area contributed by atoms with Crippen molar-refractivity contribution >= 4 is 11.6 Å². The van der Waals surface area contributed by atoms with Crippen molar-refractivity contribution in [3.63, 3.8) is 0 Å². The number of ether oxygens (including phenoxy) is 2. The zero-order chi connectivity index (χ0) is 21.2. The van der Waals surface area contributed by atoms with Gasteiger partial charge < -0.3 is 30.1 Å². The van der Waals surface area contributed by atoms with Gasteiger partial charge in [-0.15, -0.1) is 0 Å². The molecule has 0 radical (unpaired) electrons. The molecule has 1 fully saturated rings. The van der Waals surface area contributed by atoms with Gasteiger partial charge in [0, 0.05) is 45.9 Å². The van der Waals surface area contributed by atoms with Gasteiger partial charge in [0.2, 0.25) is 0 Å². The average molecular weight is 416 g/mol. The Kier molecular flexibility index (Phi) is 8.24. The number of nitrogens with zero attached hydrogens (tertiary/aromatic N) is 3. The van der Waals surface area contributed by atoms with Gasteiger partial charge in [-0.05, 0) is 37.5 Å². The monoisotopic (exact) mass is 415 g/mol. The molecular weight excluding hydrogens is 382 g/mol. The zero-order valence-corrected chi connectivity index (χ0v) is 17.9. The molecule has 0 aliphatic carbocycles. The van der Waals surface area contributed by atoms with E-state index in [0.29, 0.717) is 39.5 Å². The van der Waals surface area contributed by atoms with Gasteiger partial charge in [-0.3, -0.25) is 0 Å². The van der Waals surface area contributed by atoms with E-state index in [4.69, 9.17) is 9.47 Å². The van der Waals surface area contributed by atoms with E-state index in [1.54, 1.807) is 6.33 Å². The van der Waals surface area contributed by atoms with Crippen molar-refractivity contribution in [1.29, 1.82) is 0 Å². The summed E-state index contributed by atoms with van der Waals surface area (Å²) in [5.41, 5.74) is 0.364. The molecule has 8 heteroatoms. The molecule has 164 valence electrons. The highest BCUT2D eigenvalue weighted by Gasteiger charge is 2.33. The van der Waals surface area contributed by atoms with Crippen LogP contribution >= 0.6 is 0 Å². The van der Waals surface area contributed by atoms with E-state index in [2.05, 4.69) is 25.5 Å². The molecule has 1 aromatic heterocycles. The van der Waals surface area contributed by atoms with Crippen molar-refractivity contribution in [2.45, 2.75) is 31.9 Å². The molecule has 0 bridgehead atoms. The normalized spacial score (nSPS) is 19.0. The van der Waals surface area contributed by atoms with Crippen molar-refractivity contribution in [3.05, 3.63) is 42.2 Å². The fraction of sp³-hybridized carbons (Fsp3) is 0.545. The summed E-state index contributed by atoms with van der Waals surface area (Å²) >= 11 is 0. The van der Waals surface area contributed by atoms with E-state index >= 15 is 0 Å². The van der Waals surface area contributed by atoms with Crippen LogP contribution in [-0.2, 0) is 11.3 Å². The molecule has 3 rings (SSSR count). The predicted octanol–water partition coefficient (Wildman–Crippen LogP) is 2.05. The lowest BCUT2D eigenvalue weighted by Crippen LogP contribution is -2.53. The number of aliphatic hydroxyl groups is 1. The Hall–Kier alpha value is -2.42. The Morgan fingerprint density at radius 2 is 2.03 bits per heavy atom. The third-order valence-electron chi connectivity index (χ3n) is 5.20. The van der Waals surface area contributed by atoms with Gasteiger partial charge in [0.05, 0.1) is 12.2 Å². The Labute approximate surface area is 178 Å². The molecule has 1 aromatic carbocycles. The largest absolute Gasteiger partial charge is 0.491 e. The lowest BCUT2D eigenvalue weighted by Gasteiger charge is -2.40. The molecule has 1 aliphatic rings. The second-order valence-corrected chi connectivity index (χ2v) is 7.55. The second kappa shape index (κ2) is 11.1. The third kappa shape index (κ3) is 6.55. The minimum Gasteiger partial charge on any atom is -0.491 e. The maximum atomic E-state index is 11.1. The minimum absolute atomic E-state index is 0.528. The number of anilines is 2. The molecule has 3 N–H and O–H groups in total. The lowest BCUT2D eigenvalue weighted by molar-refractivity contribution is 0.0259. The molecule has 1 atom stereocenters. The van der Waals surface area contributed by atoms with Crippen LogP contribution in [0.25, 0.3) is 0 Å². The first kappa shape index (κ1) is 22.3. The van der Waals surface area contributed by atoms with E-state index in [9.17, 15) is 5.11 Å². The van der Waals surface area contributed by atoms with E-state index in [1.165, 1.54) is 0 Å². The van der Waals surface area contributed by atoms with Gasteiger partial charge in [-0.25, -0.2) is 9.97 Å². The van der Waals surface area contributed by atoms with Crippen LogP contribution in [0.4, 0.5) is 11.6 Å². The molecule has 2 heterocycles. The van der Waals surface area contributed by atoms with Gasteiger partial charge in [-0.2, -0.15) is 0 Å². The predicted molar refractivity (Wildman–Crippen MR) is 118 cm³/mol. The Balaban J connectivity index is 1.46. The van der Waals surface area contributed by atoms with E-state index in [1.807, 2.05) is 44.3 Å². The van der Waals surface area contributed by atoms with Crippen LogP contribution in [-0.4, -0.2) is 67.2 Å². The van der Waals surface area contributed by atoms with Crippen LogP contribution in [0.3, 0.4) is 0 Å². The van der Waals surface area contributed by atoms with E-state index in [0.717, 1.165) is 42.3 Å². The van der Waals surface area contributed by atoms with Crippen molar-refractivity contribution < 1.29 is 14.6 Å². The maximum absolute atomic E-state index is 11.1. The number of hydrogen-bond donors (Lipinski definition) is 3. The number of piperidine rings is 1. The Morgan fingerprint density at radius 3 is 2.80 bits per heavy atom. The van der Waals surface area contributed by atoms with Crippen LogP contribution in [0, 0.1) is 0 Å². The fourth-order valence-corrected chi connectivity index (χ4v) is 3.61. The molecule has 0 saturated carbocycles. The Morgan fingerprint density at radius 1 is 1.20 bits per heavy atom. The Bertz CT molecular complexity index is 774. The topological polar surface area (TPSA) is 91.8 Å². The number of rotatable bonds is 11. The summed E-state index contributed by atoms with van der Waals surface area (Å²) in [4.78, 5) is 10.7. The first-order chi connectivity index (χ1) is 14.6. The van der Waals surface area contributed by atoms with Crippen LogP contribution in [0.2, 0.25) is 0 Å². The first-order valence-corrected chi connectivity index (χ1v) is 10.6. The van der Waals surface area contributed by atoms with Gasteiger partial charge >= 0.3 is 0 Å². The van der Waals surface area contributed by atoms with Gasteiger partial charge in [0.1, 0.15) is 30.3 Å². The second-order valence-electron chi connectivity index (χ2n) is 7.55. The molecule has 0 amide bonds. The molecule has 0 spiro atoms. The quantitative estimate of drug-likeness (QED) is 0.481. The van der Waals surface area contributed by atoms with Gasteiger partial charge in [-0.1, -0.05) is 12.1 Å². The molecule has 1 aliphatic heterocycles. The summed E-state index contributed by atoms with van der Waals surface area (Å²) in [7, 11) is 1.84. The molecule has 30 heavy (non-hydrogen) atoms. The molecular formula is C22H33N5O3. The number of β-amino-alcohol motifs (C(OH)–C–C–N with tert-alkyl or cyclic N) is 1. The summed E-state index contributed by atoms with van der Waals surface area (Å²) < 4.78 is 10.9. The highest BCUT2D eigenvalue weighted by Crippen LogP contribution is 2.25. The number of hydrogen-bond acceptors (Lipinski definition) is 8. The minimum atomic E-state index is -0.786. The average Bonchev–Trinajstić information content (AvgIpc) is 2.78. The molecule has 8 nitrogen and oxygen atoms in total. The smallest absolute Gasteiger partial charge is 0.134 e. The summed E-state index contributed by atoms with van der Waals surface area (Å²) in [5, 5.41) is 17.5. The standard InChI is InChI=1S/C22H33N5O3/c1-3-29-11-12-30-19-7-5-18(6-8-19)14-24-15-22(28)9-4-10-27(16-22)21-13-20(23-2)25-17-26-21/h5-8,13,17,24,28H,3-4,9-12,14-16H2,1-2H3,(H,23,25,26)/t22-/m1/s1. The maximum Gasteiger partial charge on any atom is 0.134 e. The van der Waals surface area contributed by atoms with Crippen LogP contribution < -0.4 is 20.3 Å². The zero-order valence-electron chi connectivity index (χ0n) is 17.9. The summed E-state index contributed by atoms with van der Waals surface area (Å²) in [6, 6.07) is 9.93. The van der Waals surface area contributed by atoms with Crippen molar-refractivity contribution in [1.82, 2.24) is 15.3 Å². The van der Waals surface area contributed by atoms with E-state index in [-0.39, 0.29) is 0 Å². The van der Waals surface area contributed by atoms with Crippen LogP contribution in [0.1, 0.15) is 25.3 Å². The molecule has 1 saturated heterocycles. The fourth-order valence-electron chi connectivity index (χ4n) is 3.61. The van der Waals surface area contributed by atoms with Crippen molar-refractivity contribution in [2.75, 3.05) is 56.7 Å². The van der Waals surface area contributed by atoms with Crippen molar-refractivity contribution in [2.24, 2.45) is 0 Å². The van der Waals surface area contributed by atoms with Crippen LogP contribution in [0.5, 0.6) is 5.75 Å².